The average Bonchev–Trinajstić information content (AvgIpc) is 2.57. The highest BCUT2D eigenvalue weighted by molar-refractivity contribution is 7.86. The Hall–Kier alpha value is -1.49. The first-order valence-electron chi connectivity index (χ1n) is 6.85. The second-order valence-electron chi connectivity index (χ2n) is 5.97. The summed E-state index contributed by atoms with van der Waals surface area (Å²) in [6.07, 6.45) is -8.03. The monoisotopic (exact) mass is 582 g/mol. The van der Waals surface area contributed by atoms with Crippen molar-refractivity contribution in [1.29, 1.82) is 0 Å². The van der Waals surface area contributed by atoms with Crippen LogP contribution in [0.5, 0.6) is 0 Å². The van der Waals surface area contributed by atoms with Crippen molar-refractivity contribution in [2.24, 2.45) is 0 Å². The smallest absolute Gasteiger partial charge is 0.283 e. The van der Waals surface area contributed by atoms with Crippen LogP contribution in [-0.2, 0) is 10.1 Å². The third-order valence-corrected chi connectivity index (χ3v) is 4.51. The van der Waals surface area contributed by atoms with Gasteiger partial charge in [-0.05, 0) is 0 Å². The quantitative estimate of drug-likeness (QED) is 0.276. The maximum atomic E-state index is 13.3. The van der Waals surface area contributed by atoms with Crippen molar-refractivity contribution in [2.45, 2.75) is 59.1 Å². The van der Waals surface area contributed by atoms with Crippen LogP contribution < -0.4 is 0 Å². The van der Waals surface area contributed by atoms with Gasteiger partial charge in [-0.3, -0.25) is 4.55 Å². The highest BCUT2D eigenvalue weighted by Gasteiger charge is 2.97. The third-order valence-electron chi connectivity index (χ3n) is 3.69. The topological polar surface area (TPSA) is 54.4 Å². The van der Waals surface area contributed by atoms with Gasteiger partial charge in [-0.15, -0.1) is 0 Å². The van der Waals surface area contributed by atoms with Crippen LogP contribution in [0.1, 0.15) is 0 Å². The van der Waals surface area contributed by atoms with Gasteiger partial charge in [-0.25, -0.2) is 4.39 Å². The van der Waals surface area contributed by atoms with E-state index in [0.717, 1.165) is 0 Å². The van der Waals surface area contributed by atoms with Crippen LogP contribution >= 0.6 is 0 Å². The Morgan fingerprint density at radius 1 is 0.441 bits per heavy atom. The number of hydrogen-bond acceptors (Lipinski definition) is 2. The Labute approximate surface area is 171 Å². The van der Waals surface area contributed by atoms with E-state index in [9.17, 15) is 96.2 Å². The van der Waals surface area contributed by atoms with E-state index in [0.29, 0.717) is 0 Å². The summed E-state index contributed by atoms with van der Waals surface area (Å²) >= 11 is 0. The number of halogens is 20. The lowest BCUT2D eigenvalue weighted by atomic mass is 9.87. The largest absolute Gasteiger partial charge is 0.460 e. The molecule has 0 aliphatic rings. The first-order chi connectivity index (χ1) is 14.2. The van der Waals surface area contributed by atoms with Gasteiger partial charge in [0, 0.05) is 0 Å². The van der Waals surface area contributed by atoms with E-state index >= 15 is 0 Å². The molecule has 0 aromatic heterocycles. The van der Waals surface area contributed by atoms with Crippen molar-refractivity contribution in [3.05, 3.63) is 0 Å². The summed E-state index contributed by atoms with van der Waals surface area (Å²) < 4.78 is 286. The molecule has 0 radical (unpaired) electrons. The van der Waals surface area contributed by atoms with Gasteiger partial charge in [0.15, 0.2) is 0 Å². The van der Waals surface area contributed by atoms with Gasteiger partial charge < -0.3 is 0 Å². The van der Waals surface area contributed by atoms with Crippen LogP contribution in [0.3, 0.4) is 0 Å². The minimum atomic E-state index is -9.22. The zero-order valence-electron chi connectivity index (χ0n) is 14.3. The van der Waals surface area contributed by atoms with Crippen LogP contribution in [0.25, 0.3) is 0 Å². The van der Waals surface area contributed by atoms with Crippen LogP contribution in [0, 0.1) is 0 Å². The fourth-order valence-electron chi connectivity index (χ4n) is 1.70. The van der Waals surface area contributed by atoms with Crippen molar-refractivity contribution in [1.82, 2.24) is 0 Å². The molecule has 0 spiro atoms. The average molecular weight is 582 g/mol. The summed E-state index contributed by atoms with van der Waals surface area (Å²) in [5.74, 6) is -70.6. The summed E-state index contributed by atoms with van der Waals surface area (Å²) in [7, 11) is -7.33. The molecular formula is C10H2F20O3S. The minimum Gasteiger partial charge on any atom is -0.283 e. The molecule has 0 amide bonds. The van der Waals surface area contributed by atoms with Crippen molar-refractivity contribution < 1.29 is 101 Å². The highest BCUT2D eigenvalue weighted by atomic mass is 32.2. The first-order valence-corrected chi connectivity index (χ1v) is 8.35. The maximum absolute atomic E-state index is 13.3. The molecule has 0 aliphatic carbocycles. The summed E-state index contributed by atoms with van der Waals surface area (Å²) in [6.45, 7) is 0. The zero-order chi connectivity index (χ0) is 28.6. The molecule has 1 unspecified atom stereocenters. The molecule has 0 heterocycles. The molecule has 34 heavy (non-hydrogen) atoms. The highest BCUT2D eigenvalue weighted by Crippen LogP contribution is 2.65. The van der Waals surface area contributed by atoms with Crippen molar-refractivity contribution in [3.8, 4) is 0 Å². The normalized spacial score (nSPS) is 17.7. The molecule has 24 heteroatoms. The Balaban J connectivity index is 7.07. The van der Waals surface area contributed by atoms with Crippen LogP contribution in [-0.4, -0.2) is 72.0 Å². The van der Waals surface area contributed by atoms with E-state index in [1.54, 1.807) is 0 Å². The van der Waals surface area contributed by atoms with Gasteiger partial charge in [-0.2, -0.15) is 91.8 Å². The molecule has 1 atom stereocenters. The van der Waals surface area contributed by atoms with E-state index < -0.39 is 69.2 Å². The third kappa shape index (κ3) is 3.90. The number of hydrogen-bond donors (Lipinski definition) is 1. The molecule has 1 N–H and O–H groups in total. The maximum Gasteiger partial charge on any atom is 0.460 e. The predicted molar refractivity (Wildman–Crippen MR) is 62.1 cm³/mol. The summed E-state index contributed by atoms with van der Waals surface area (Å²) in [6, 6.07) is 0. The molecule has 0 fully saturated rings. The lowest BCUT2D eigenvalue weighted by Crippen LogP contribution is -2.76. The Morgan fingerprint density at radius 2 is 0.647 bits per heavy atom. The van der Waals surface area contributed by atoms with Crippen molar-refractivity contribution in [2.75, 3.05) is 0 Å². The Bertz CT molecular complexity index is 870. The SMILES string of the molecule is O=S(=O)(O)C(F)C(F)(F)C(F)(F)C(F)(F)C(F)(F)C(F)(F)C(F)(F)C(F)(F)C(F)(F)C(F)(F)F. The van der Waals surface area contributed by atoms with E-state index in [-0.39, 0.29) is 0 Å². The fourth-order valence-corrected chi connectivity index (χ4v) is 2.22. The summed E-state index contributed by atoms with van der Waals surface area (Å²) in [5, 5.41) is 0. The van der Waals surface area contributed by atoms with Gasteiger partial charge in [0.2, 0.25) is 0 Å². The molecule has 0 saturated heterocycles. The second kappa shape index (κ2) is 7.75. The summed E-state index contributed by atoms with van der Waals surface area (Å²) in [4.78, 5) is 0. The molecule has 0 aromatic carbocycles. The zero-order valence-corrected chi connectivity index (χ0v) is 15.1. The molecule has 206 valence electrons. The van der Waals surface area contributed by atoms with Crippen LogP contribution in [0.15, 0.2) is 0 Å². The fraction of sp³-hybridized carbons (Fsp3) is 1.00. The van der Waals surface area contributed by atoms with Gasteiger partial charge in [0.05, 0.1) is 0 Å². The first kappa shape index (κ1) is 32.5. The van der Waals surface area contributed by atoms with Gasteiger partial charge in [0.1, 0.15) is 0 Å². The predicted octanol–water partition coefficient (Wildman–Crippen LogP) is 5.81. The molecule has 0 rings (SSSR count). The van der Waals surface area contributed by atoms with Crippen LogP contribution in [0.2, 0.25) is 0 Å². The van der Waals surface area contributed by atoms with Gasteiger partial charge in [0.25, 0.3) is 5.50 Å². The molecular weight excluding hydrogens is 580 g/mol. The second-order valence-corrected chi connectivity index (χ2v) is 7.42. The lowest BCUT2D eigenvalue weighted by Gasteiger charge is -2.43. The van der Waals surface area contributed by atoms with Gasteiger partial charge >= 0.3 is 63.7 Å². The Kier molecular flexibility index (Phi) is 7.41. The van der Waals surface area contributed by atoms with Gasteiger partial charge in [-0.1, -0.05) is 0 Å². The van der Waals surface area contributed by atoms with E-state index in [2.05, 4.69) is 0 Å². The van der Waals surface area contributed by atoms with Crippen molar-refractivity contribution >= 4 is 10.1 Å². The van der Waals surface area contributed by atoms with E-state index in [1.807, 2.05) is 0 Å². The number of rotatable bonds is 9. The molecule has 0 aliphatic heterocycles. The van der Waals surface area contributed by atoms with Crippen LogP contribution in [0.4, 0.5) is 87.8 Å². The summed E-state index contributed by atoms with van der Waals surface area (Å²) in [5.41, 5.74) is -6.12. The standard InChI is InChI=1S/C10H2F20O3S/c11-1(34(31,32)33)2(12,13)3(14,15)4(16,17)5(18,19)6(20,21)7(22,23)8(24,25)9(26,27)10(28,29)30/h1H,(H,31,32,33). The molecule has 0 bridgehead atoms. The lowest BCUT2D eigenvalue weighted by molar-refractivity contribution is -0.469. The molecule has 0 saturated carbocycles. The van der Waals surface area contributed by atoms with Crippen molar-refractivity contribution in [3.63, 3.8) is 0 Å². The molecule has 0 aromatic rings. The Morgan fingerprint density at radius 3 is 0.853 bits per heavy atom. The minimum absolute atomic E-state index is 6.12. The van der Waals surface area contributed by atoms with E-state index in [4.69, 9.17) is 4.55 Å². The number of alkyl halides is 20. The van der Waals surface area contributed by atoms with E-state index in [1.165, 1.54) is 0 Å². The molecule has 3 nitrogen and oxygen atoms in total.